The average Bonchev–Trinajstić information content (AvgIpc) is 3.57. The van der Waals surface area contributed by atoms with Gasteiger partial charge in [0.15, 0.2) is 5.65 Å². The number of carbonyl (C=O) groups is 1. The van der Waals surface area contributed by atoms with Crippen LogP contribution in [0.15, 0.2) is 36.2 Å². The van der Waals surface area contributed by atoms with E-state index in [9.17, 15) is 4.79 Å². The summed E-state index contributed by atoms with van der Waals surface area (Å²) in [5.41, 5.74) is 1.63. The smallest absolute Gasteiger partial charge is 0.236 e. The molecule has 2 unspecified atom stereocenters. The van der Waals surface area contributed by atoms with Crippen LogP contribution in [0.5, 0.6) is 0 Å². The minimum atomic E-state index is -0.934. The van der Waals surface area contributed by atoms with Gasteiger partial charge in [-0.2, -0.15) is 9.61 Å². The van der Waals surface area contributed by atoms with Crippen LogP contribution < -0.4 is 9.80 Å². The van der Waals surface area contributed by atoms with E-state index in [1.165, 1.54) is 18.9 Å². The van der Waals surface area contributed by atoms with E-state index in [1.807, 2.05) is 21.6 Å². The molecule has 1 aliphatic carbocycles. The molecule has 5 heterocycles. The van der Waals surface area contributed by atoms with Gasteiger partial charge in [-0.1, -0.05) is 12.2 Å². The van der Waals surface area contributed by atoms with Gasteiger partial charge in [-0.25, -0.2) is 9.37 Å². The van der Waals surface area contributed by atoms with Crippen LogP contribution in [0, 0.1) is 5.92 Å². The van der Waals surface area contributed by atoms with Crippen molar-refractivity contribution in [2.75, 3.05) is 49.6 Å². The molecule has 9 heteroatoms. The topological polar surface area (TPSA) is 66.2 Å². The molecule has 192 valence electrons. The number of rotatable bonds is 1. The minimum absolute atomic E-state index is 0.203. The summed E-state index contributed by atoms with van der Waals surface area (Å²) in [5.74, 6) is 0.422. The molecule has 2 aromatic rings. The maximum Gasteiger partial charge on any atom is 0.236 e. The number of anilines is 2. The SMILES string of the molecule is CN1CCCCOC2C=CC=C(F)C2C(=O)N2CCCC[C@H]2c2cc3nc(N4CCCC4)cc1n3n2. The van der Waals surface area contributed by atoms with Crippen LogP contribution in [0.2, 0.25) is 0 Å². The Morgan fingerprint density at radius 3 is 2.69 bits per heavy atom. The number of ether oxygens (including phenoxy) is 1. The first-order valence-electron chi connectivity index (χ1n) is 13.4. The Morgan fingerprint density at radius 1 is 1.03 bits per heavy atom. The molecule has 0 aromatic carbocycles. The van der Waals surface area contributed by atoms with E-state index in [0.717, 1.165) is 74.7 Å². The first-order chi connectivity index (χ1) is 17.6. The second-order valence-corrected chi connectivity index (χ2v) is 10.4. The van der Waals surface area contributed by atoms with Gasteiger partial charge in [0.2, 0.25) is 5.91 Å². The van der Waals surface area contributed by atoms with Crippen molar-refractivity contribution < 1.29 is 13.9 Å². The molecule has 0 spiro atoms. The Morgan fingerprint density at radius 2 is 1.83 bits per heavy atom. The van der Waals surface area contributed by atoms with E-state index in [2.05, 4.69) is 22.9 Å². The maximum absolute atomic E-state index is 15.1. The standard InChI is InChI=1S/C27H35FN6O2/c1-31-12-6-7-16-36-22-11-8-9-19(28)26(22)27(35)33-15-3-2-10-21(33)20-17-24-29-23(32-13-4-5-14-32)18-25(31)34(24)30-20/h8-9,11,17-18,21-22,26H,2-7,10,12-16H2,1H3/t21-,22?,26?/m0/s1. The molecule has 2 aromatic heterocycles. The van der Waals surface area contributed by atoms with Crippen molar-refractivity contribution in [3.8, 4) is 0 Å². The number of amides is 1. The lowest BCUT2D eigenvalue weighted by Gasteiger charge is -2.38. The quantitative estimate of drug-likeness (QED) is 0.596. The van der Waals surface area contributed by atoms with Gasteiger partial charge in [0.1, 0.15) is 23.4 Å². The average molecular weight is 495 g/mol. The second-order valence-electron chi connectivity index (χ2n) is 10.4. The van der Waals surface area contributed by atoms with Crippen molar-refractivity contribution >= 4 is 23.2 Å². The van der Waals surface area contributed by atoms with Gasteiger partial charge in [0, 0.05) is 52.0 Å². The third-order valence-electron chi connectivity index (χ3n) is 8.01. The molecule has 0 saturated carbocycles. The minimum Gasteiger partial charge on any atom is -0.373 e. The van der Waals surface area contributed by atoms with Crippen LogP contribution in [0.4, 0.5) is 16.0 Å². The summed E-state index contributed by atoms with van der Waals surface area (Å²) in [5, 5.41) is 5.01. The molecule has 2 bridgehead atoms. The lowest BCUT2D eigenvalue weighted by atomic mass is 9.91. The fourth-order valence-electron chi connectivity index (χ4n) is 6.01. The highest BCUT2D eigenvalue weighted by atomic mass is 19.1. The molecule has 36 heavy (non-hydrogen) atoms. The Labute approximate surface area is 211 Å². The zero-order chi connectivity index (χ0) is 24.6. The van der Waals surface area contributed by atoms with Gasteiger partial charge in [0.25, 0.3) is 0 Å². The lowest BCUT2D eigenvalue weighted by Crippen LogP contribution is -2.46. The number of halogens is 1. The Bertz CT molecular complexity index is 1190. The van der Waals surface area contributed by atoms with Crippen LogP contribution in [0.1, 0.15) is 56.7 Å². The summed E-state index contributed by atoms with van der Waals surface area (Å²) >= 11 is 0. The molecule has 3 atom stereocenters. The highest BCUT2D eigenvalue weighted by Gasteiger charge is 2.40. The molecule has 0 N–H and O–H groups in total. The number of piperidine rings is 1. The number of nitrogens with zero attached hydrogens (tertiary/aromatic N) is 6. The van der Waals surface area contributed by atoms with Gasteiger partial charge in [-0.3, -0.25) is 4.79 Å². The molecule has 0 radical (unpaired) electrons. The number of hydrogen-bond donors (Lipinski definition) is 0. The predicted molar refractivity (Wildman–Crippen MR) is 137 cm³/mol. The van der Waals surface area contributed by atoms with Crippen molar-refractivity contribution in [1.82, 2.24) is 19.5 Å². The second kappa shape index (κ2) is 9.84. The molecule has 2 fully saturated rings. The van der Waals surface area contributed by atoms with E-state index in [0.29, 0.717) is 13.2 Å². The van der Waals surface area contributed by atoms with Crippen LogP contribution in [0.3, 0.4) is 0 Å². The van der Waals surface area contributed by atoms with Gasteiger partial charge in [0.05, 0.1) is 17.8 Å². The van der Waals surface area contributed by atoms with Gasteiger partial charge < -0.3 is 19.4 Å². The largest absolute Gasteiger partial charge is 0.373 e. The summed E-state index contributed by atoms with van der Waals surface area (Å²) < 4.78 is 23.1. The maximum atomic E-state index is 15.1. The number of aromatic nitrogens is 3. The van der Waals surface area contributed by atoms with E-state index in [-0.39, 0.29) is 11.9 Å². The molecule has 8 nitrogen and oxygen atoms in total. The third-order valence-corrected chi connectivity index (χ3v) is 8.01. The first kappa shape index (κ1) is 23.5. The van der Waals surface area contributed by atoms with Crippen molar-refractivity contribution in [3.63, 3.8) is 0 Å². The van der Waals surface area contributed by atoms with Crippen LogP contribution in [0.25, 0.3) is 5.65 Å². The van der Waals surface area contributed by atoms with E-state index in [4.69, 9.17) is 14.8 Å². The molecular formula is C27H35FN6O2. The highest BCUT2D eigenvalue weighted by molar-refractivity contribution is 5.83. The van der Waals surface area contributed by atoms with E-state index in [1.54, 1.807) is 6.08 Å². The number of fused-ring (bicyclic) bond motifs is 4. The summed E-state index contributed by atoms with van der Waals surface area (Å²) in [6.45, 7) is 3.96. The third kappa shape index (κ3) is 4.27. The molecule has 6 rings (SSSR count). The zero-order valence-electron chi connectivity index (χ0n) is 21.0. The molecule has 1 amide bonds. The number of hydrogen-bond acceptors (Lipinski definition) is 6. The predicted octanol–water partition coefficient (Wildman–Crippen LogP) is 4.04. The molecular weight excluding hydrogens is 459 g/mol. The molecule has 2 saturated heterocycles. The first-order valence-corrected chi connectivity index (χ1v) is 13.4. The fraction of sp³-hybridized carbons (Fsp3) is 0.593. The van der Waals surface area contributed by atoms with Gasteiger partial charge in [-0.05, 0) is 51.0 Å². The van der Waals surface area contributed by atoms with Crippen molar-refractivity contribution in [2.24, 2.45) is 5.92 Å². The van der Waals surface area contributed by atoms with Crippen molar-refractivity contribution in [1.29, 1.82) is 0 Å². The summed E-state index contributed by atoms with van der Waals surface area (Å²) in [6, 6.07) is 3.97. The van der Waals surface area contributed by atoms with Crippen molar-refractivity contribution in [2.45, 2.75) is 57.1 Å². The van der Waals surface area contributed by atoms with Gasteiger partial charge >= 0.3 is 0 Å². The normalized spacial score (nSPS) is 27.6. The Balaban J connectivity index is 1.44. The summed E-state index contributed by atoms with van der Waals surface area (Å²) in [4.78, 5) is 25.2. The highest BCUT2D eigenvalue weighted by Crippen LogP contribution is 2.36. The molecule has 3 aliphatic heterocycles. The van der Waals surface area contributed by atoms with Crippen LogP contribution in [-0.4, -0.2) is 71.3 Å². The molecule has 4 aliphatic rings. The van der Waals surface area contributed by atoms with Crippen molar-refractivity contribution in [3.05, 3.63) is 41.9 Å². The number of allylic oxidation sites excluding steroid dienone is 2. The number of carbonyl (C=O) groups excluding carboxylic acids is 1. The Hall–Kier alpha value is -2.94. The van der Waals surface area contributed by atoms with Gasteiger partial charge in [-0.15, -0.1) is 0 Å². The summed E-state index contributed by atoms with van der Waals surface area (Å²) in [7, 11) is 2.10. The van der Waals surface area contributed by atoms with E-state index < -0.39 is 17.8 Å². The fourth-order valence-corrected chi connectivity index (χ4v) is 6.01. The zero-order valence-corrected chi connectivity index (χ0v) is 21.0. The van der Waals surface area contributed by atoms with E-state index >= 15 is 4.39 Å². The summed E-state index contributed by atoms with van der Waals surface area (Å²) in [6.07, 6.45) is 11.1. The van der Waals surface area contributed by atoms with Crippen LogP contribution in [-0.2, 0) is 9.53 Å². The monoisotopic (exact) mass is 494 g/mol. The Kier molecular flexibility index (Phi) is 6.41. The van der Waals surface area contributed by atoms with Crippen LogP contribution >= 0.6 is 0 Å². The lowest BCUT2D eigenvalue weighted by molar-refractivity contribution is -0.142.